The number of aromatic nitrogens is 3. The van der Waals surface area contributed by atoms with Gasteiger partial charge in [0, 0.05) is 49.0 Å². The molecular weight excluding hydrogens is 635 g/mol. The van der Waals surface area contributed by atoms with Crippen molar-refractivity contribution in [2.75, 3.05) is 0 Å². The Morgan fingerprint density at radius 1 is 0.442 bits per heavy atom. The molecular formula is C48H29N3O. The number of nitrogens with zero attached hydrogens (tertiary/aromatic N) is 3. The average Bonchev–Trinajstić information content (AvgIpc) is 3.77. The molecule has 3 heterocycles. The summed E-state index contributed by atoms with van der Waals surface area (Å²) in [5.41, 5.74) is 9.86. The zero-order valence-corrected chi connectivity index (χ0v) is 28.0. The Morgan fingerprint density at radius 2 is 1.08 bits per heavy atom. The third-order valence-corrected chi connectivity index (χ3v) is 10.4. The molecule has 0 amide bonds. The fourth-order valence-electron chi connectivity index (χ4n) is 8.05. The van der Waals surface area contributed by atoms with Gasteiger partial charge in [-0.2, -0.15) is 0 Å². The van der Waals surface area contributed by atoms with Gasteiger partial charge in [0.1, 0.15) is 11.2 Å². The van der Waals surface area contributed by atoms with Crippen molar-refractivity contribution in [2.45, 2.75) is 0 Å². The van der Waals surface area contributed by atoms with E-state index >= 15 is 0 Å². The maximum Gasteiger partial charge on any atom is 0.161 e. The Hall–Kier alpha value is -7.04. The van der Waals surface area contributed by atoms with Crippen molar-refractivity contribution in [3.63, 3.8) is 0 Å². The SMILES string of the molecule is c1ccc(-c2cc(-c3ccccc3)nc(-c3cc4c5ccccc5oc4c4c(-n5c6ccccc6c6ccc7ccccc7c65)cccc34)n2)cc1. The van der Waals surface area contributed by atoms with Gasteiger partial charge in [0.05, 0.1) is 28.1 Å². The second-order valence-electron chi connectivity index (χ2n) is 13.3. The summed E-state index contributed by atoms with van der Waals surface area (Å²) in [5.74, 6) is 0.669. The van der Waals surface area contributed by atoms with E-state index in [0.717, 1.165) is 72.0 Å². The van der Waals surface area contributed by atoms with Crippen LogP contribution in [0.2, 0.25) is 0 Å². The molecule has 0 radical (unpaired) electrons. The minimum atomic E-state index is 0.669. The van der Waals surface area contributed by atoms with Crippen LogP contribution in [0.5, 0.6) is 0 Å². The van der Waals surface area contributed by atoms with Gasteiger partial charge in [0.25, 0.3) is 0 Å². The molecule has 242 valence electrons. The third kappa shape index (κ3) is 4.28. The first-order valence-electron chi connectivity index (χ1n) is 17.6. The molecule has 0 aliphatic rings. The van der Waals surface area contributed by atoms with Gasteiger partial charge in [0.15, 0.2) is 5.82 Å². The van der Waals surface area contributed by atoms with Crippen molar-refractivity contribution in [3.05, 3.63) is 176 Å². The molecule has 0 unspecified atom stereocenters. The molecule has 4 heteroatoms. The summed E-state index contributed by atoms with van der Waals surface area (Å²) < 4.78 is 9.27. The van der Waals surface area contributed by atoms with E-state index in [9.17, 15) is 0 Å². The highest BCUT2D eigenvalue weighted by Gasteiger charge is 2.23. The molecule has 8 aromatic carbocycles. The number of fused-ring (bicyclic) bond motifs is 10. The summed E-state index contributed by atoms with van der Waals surface area (Å²) in [7, 11) is 0. The van der Waals surface area contributed by atoms with Crippen LogP contribution in [0.15, 0.2) is 180 Å². The van der Waals surface area contributed by atoms with Gasteiger partial charge in [-0.05, 0) is 41.1 Å². The molecule has 11 rings (SSSR count). The van der Waals surface area contributed by atoms with Crippen LogP contribution in [0.1, 0.15) is 0 Å². The average molecular weight is 664 g/mol. The number of para-hydroxylation sites is 2. The minimum Gasteiger partial charge on any atom is -0.455 e. The maximum absolute atomic E-state index is 6.84. The van der Waals surface area contributed by atoms with E-state index < -0.39 is 0 Å². The van der Waals surface area contributed by atoms with Gasteiger partial charge in [-0.25, -0.2) is 9.97 Å². The first kappa shape index (κ1) is 28.8. The van der Waals surface area contributed by atoms with Crippen molar-refractivity contribution in [1.29, 1.82) is 0 Å². The lowest BCUT2D eigenvalue weighted by molar-refractivity contribution is 0.672. The molecule has 0 aliphatic carbocycles. The predicted octanol–water partition coefficient (Wildman–Crippen LogP) is 12.8. The van der Waals surface area contributed by atoms with E-state index in [1.807, 2.05) is 18.2 Å². The molecule has 0 atom stereocenters. The van der Waals surface area contributed by atoms with Crippen LogP contribution < -0.4 is 0 Å². The lowest BCUT2D eigenvalue weighted by Crippen LogP contribution is -1.99. The highest BCUT2D eigenvalue weighted by atomic mass is 16.3. The van der Waals surface area contributed by atoms with Gasteiger partial charge in [-0.1, -0.05) is 146 Å². The van der Waals surface area contributed by atoms with Crippen molar-refractivity contribution < 1.29 is 4.42 Å². The zero-order valence-electron chi connectivity index (χ0n) is 28.0. The minimum absolute atomic E-state index is 0.669. The summed E-state index contributed by atoms with van der Waals surface area (Å²) in [6.07, 6.45) is 0. The lowest BCUT2D eigenvalue weighted by Gasteiger charge is -2.16. The third-order valence-electron chi connectivity index (χ3n) is 10.4. The Balaban J connectivity index is 1.31. The number of hydrogen-bond donors (Lipinski definition) is 0. The van der Waals surface area contributed by atoms with Gasteiger partial charge in [-0.3, -0.25) is 0 Å². The predicted molar refractivity (Wildman–Crippen MR) is 215 cm³/mol. The Kier molecular flexibility index (Phi) is 6.22. The smallest absolute Gasteiger partial charge is 0.161 e. The normalized spacial score (nSPS) is 11.8. The molecule has 11 aromatic rings. The zero-order chi connectivity index (χ0) is 34.2. The summed E-state index contributed by atoms with van der Waals surface area (Å²) in [6, 6.07) is 61.8. The standard InChI is InChI=1S/C48H29N3O/c1-3-15-31(16-4-1)40-29-41(32-17-5-2-6-18-32)50-48(49-40)39-28-38-35-21-10-12-25-44(35)52-47(38)45-36(39)22-13-24-43(45)51-42-23-11-9-20-34(42)37-27-26-30-14-7-8-19-33(30)46(37)51/h1-29H. The van der Waals surface area contributed by atoms with Crippen LogP contribution in [0.25, 0.3) is 105 Å². The van der Waals surface area contributed by atoms with E-state index in [4.69, 9.17) is 14.4 Å². The summed E-state index contributed by atoms with van der Waals surface area (Å²) in [4.78, 5) is 10.6. The first-order chi connectivity index (χ1) is 25.8. The fourth-order valence-corrected chi connectivity index (χ4v) is 8.05. The van der Waals surface area contributed by atoms with Crippen LogP contribution >= 0.6 is 0 Å². The van der Waals surface area contributed by atoms with Crippen LogP contribution in [0, 0.1) is 0 Å². The molecule has 52 heavy (non-hydrogen) atoms. The van der Waals surface area contributed by atoms with E-state index in [2.05, 4.69) is 162 Å². The van der Waals surface area contributed by atoms with Crippen LogP contribution in [0.4, 0.5) is 0 Å². The summed E-state index contributed by atoms with van der Waals surface area (Å²) in [6.45, 7) is 0. The van der Waals surface area contributed by atoms with Crippen molar-refractivity contribution in [2.24, 2.45) is 0 Å². The van der Waals surface area contributed by atoms with Crippen molar-refractivity contribution in [1.82, 2.24) is 14.5 Å². The Bertz CT molecular complexity index is 3120. The topological polar surface area (TPSA) is 43.9 Å². The second kappa shape index (κ2) is 11.2. The Morgan fingerprint density at radius 3 is 1.85 bits per heavy atom. The molecule has 4 nitrogen and oxygen atoms in total. The molecule has 0 saturated carbocycles. The second-order valence-corrected chi connectivity index (χ2v) is 13.3. The van der Waals surface area contributed by atoms with Crippen LogP contribution in [-0.2, 0) is 0 Å². The van der Waals surface area contributed by atoms with E-state index in [-0.39, 0.29) is 0 Å². The lowest BCUT2D eigenvalue weighted by atomic mass is 9.97. The van der Waals surface area contributed by atoms with Crippen molar-refractivity contribution >= 4 is 65.3 Å². The Labute approximate surface area is 298 Å². The number of rotatable bonds is 4. The van der Waals surface area contributed by atoms with Crippen LogP contribution in [0.3, 0.4) is 0 Å². The molecule has 0 N–H and O–H groups in total. The molecule has 0 aliphatic heterocycles. The van der Waals surface area contributed by atoms with Gasteiger partial charge >= 0.3 is 0 Å². The van der Waals surface area contributed by atoms with Gasteiger partial charge in [-0.15, -0.1) is 0 Å². The van der Waals surface area contributed by atoms with E-state index in [1.54, 1.807) is 0 Å². The summed E-state index contributed by atoms with van der Waals surface area (Å²) in [5, 5.41) is 8.98. The summed E-state index contributed by atoms with van der Waals surface area (Å²) >= 11 is 0. The monoisotopic (exact) mass is 663 g/mol. The van der Waals surface area contributed by atoms with Crippen LogP contribution in [-0.4, -0.2) is 14.5 Å². The number of furan rings is 1. The highest BCUT2D eigenvalue weighted by Crippen LogP contribution is 2.45. The van der Waals surface area contributed by atoms with E-state index in [0.29, 0.717) is 5.82 Å². The molecule has 0 saturated heterocycles. The highest BCUT2D eigenvalue weighted by molar-refractivity contribution is 6.24. The quantitative estimate of drug-likeness (QED) is 0.188. The van der Waals surface area contributed by atoms with E-state index in [1.165, 1.54) is 27.1 Å². The maximum atomic E-state index is 6.84. The molecule has 0 fully saturated rings. The molecule has 3 aromatic heterocycles. The first-order valence-corrected chi connectivity index (χ1v) is 17.6. The van der Waals surface area contributed by atoms with Crippen molar-refractivity contribution in [3.8, 4) is 39.6 Å². The molecule has 0 spiro atoms. The fraction of sp³-hybridized carbons (Fsp3) is 0. The number of benzene rings is 8. The number of hydrogen-bond acceptors (Lipinski definition) is 3. The molecule has 0 bridgehead atoms. The largest absolute Gasteiger partial charge is 0.455 e. The van der Waals surface area contributed by atoms with Gasteiger partial charge in [0.2, 0.25) is 0 Å². The van der Waals surface area contributed by atoms with Gasteiger partial charge < -0.3 is 8.98 Å².